The number of rotatable bonds is 4. The van der Waals surface area contributed by atoms with Crippen LogP contribution in [0, 0.1) is 5.92 Å². The van der Waals surface area contributed by atoms with Crippen molar-refractivity contribution in [3.8, 4) is 0 Å². The number of aromatic nitrogens is 3. The van der Waals surface area contributed by atoms with E-state index in [-0.39, 0.29) is 0 Å². The van der Waals surface area contributed by atoms with Gasteiger partial charge < -0.3 is 4.57 Å². The number of halogens is 2. The molecule has 3 rings (SSSR count). The number of pyridine rings is 1. The average Bonchev–Trinajstić information content (AvgIpc) is 2.77. The molecular weight excluding hydrogens is 358 g/mol. The molecule has 0 bridgehead atoms. The second-order valence-corrected chi connectivity index (χ2v) is 7.65. The van der Waals surface area contributed by atoms with Crippen molar-refractivity contribution >= 4 is 50.5 Å². The number of aryl methyl sites for hydroxylation is 1. The molecule has 0 atom stereocenters. The first-order valence-electron chi connectivity index (χ1n) is 6.92. The van der Waals surface area contributed by atoms with Gasteiger partial charge in [-0.3, -0.25) is 0 Å². The third-order valence-electron chi connectivity index (χ3n) is 3.73. The van der Waals surface area contributed by atoms with Crippen molar-refractivity contribution in [3.05, 3.63) is 22.6 Å². The fourth-order valence-electron chi connectivity index (χ4n) is 2.69. The molecule has 2 aromatic rings. The highest BCUT2D eigenvalue weighted by atomic mass is 79.9. The van der Waals surface area contributed by atoms with Crippen molar-refractivity contribution in [2.24, 2.45) is 5.92 Å². The third kappa shape index (κ3) is 3.15. The Hall–Kier alpha value is -0.260. The van der Waals surface area contributed by atoms with Gasteiger partial charge in [-0.25, -0.2) is 9.97 Å². The zero-order valence-electron chi connectivity index (χ0n) is 11.2. The predicted octanol–water partition coefficient (Wildman–Crippen LogP) is 4.12. The number of hydrogen-bond acceptors (Lipinski definition) is 3. The van der Waals surface area contributed by atoms with Gasteiger partial charge in [-0.2, -0.15) is 11.8 Å². The second-order valence-electron chi connectivity index (χ2n) is 5.13. The van der Waals surface area contributed by atoms with Crippen LogP contribution >= 0.6 is 39.3 Å². The molecule has 108 valence electrons. The van der Waals surface area contributed by atoms with Crippen LogP contribution in [0.5, 0.6) is 0 Å². The Balaban J connectivity index is 1.95. The molecule has 0 aromatic carbocycles. The van der Waals surface area contributed by atoms with Gasteiger partial charge in [-0.15, -0.1) is 11.6 Å². The molecule has 1 fully saturated rings. The van der Waals surface area contributed by atoms with Crippen LogP contribution in [0.3, 0.4) is 0 Å². The van der Waals surface area contributed by atoms with Crippen molar-refractivity contribution in [1.29, 1.82) is 0 Å². The number of thioether (sulfide) groups is 1. The van der Waals surface area contributed by atoms with Crippen LogP contribution in [-0.4, -0.2) is 31.9 Å². The van der Waals surface area contributed by atoms with Crippen LogP contribution in [0.4, 0.5) is 0 Å². The first-order valence-corrected chi connectivity index (χ1v) is 9.40. The lowest BCUT2D eigenvalue weighted by Gasteiger charge is -2.22. The van der Waals surface area contributed by atoms with Crippen molar-refractivity contribution in [2.45, 2.75) is 25.8 Å². The molecular formula is C14H17BrClN3S. The van der Waals surface area contributed by atoms with Gasteiger partial charge in [0.2, 0.25) is 0 Å². The fourth-order valence-corrected chi connectivity index (χ4v) is 4.38. The minimum atomic E-state index is 0.602. The standard InChI is InChI=1S/C14H17BrClN3S/c15-11-7-12-14(17-8-11)19(13(18-12)1-4-16)9-10-2-5-20-6-3-10/h7-8,10H,1-6,9H2. The fraction of sp³-hybridized carbons (Fsp3) is 0.571. The second kappa shape index (κ2) is 6.67. The Morgan fingerprint density at radius 2 is 2.20 bits per heavy atom. The molecule has 1 saturated heterocycles. The van der Waals surface area contributed by atoms with Crippen molar-refractivity contribution in [2.75, 3.05) is 17.4 Å². The number of nitrogens with zero attached hydrogens (tertiary/aromatic N) is 3. The first-order chi connectivity index (χ1) is 9.78. The molecule has 3 nitrogen and oxygen atoms in total. The van der Waals surface area contributed by atoms with Gasteiger partial charge in [-0.1, -0.05) is 0 Å². The van der Waals surface area contributed by atoms with E-state index >= 15 is 0 Å². The van der Waals surface area contributed by atoms with Gasteiger partial charge in [0.05, 0.1) is 0 Å². The summed E-state index contributed by atoms with van der Waals surface area (Å²) >= 11 is 11.4. The topological polar surface area (TPSA) is 30.7 Å². The molecule has 0 radical (unpaired) electrons. The van der Waals surface area contributed by atoms with Crippen molar-refractivity contribution in [3.63, 3.8) is 0 Å². The highest BCUT2D eigenvalue weighted by Gasteiger charge is 2.18. The highest BCUT2D eigenvalue weighted by molar-refractivity contribution is 9.10. The Kier molecular flexibility index (Phi) is 4.89. The zero-order chi connectivity index (χ0) is 13.9. The Bertz CT molecular complexity index is 595. The third-order valence-corrected chi connectivity index (χ3v) is 5.40. The SMILES string of the molecule is ClCCc1nc2cc(Br)cnc2n1CC1CCSCC1. The summed E-state index contributed by atoms with van der Waals surface area (Å²) in [6, 6.07) is 2.04. The maximum Gasteiger partial charge on any atom is 0.160 e. The van der Waals surface area contributed by atoms with Crippen LogP contribution in [-0.2, 0) is 13.0 Å². The van der Waals surface area contributed by atoms with E-state index in [2.05, 4.69) is 37.2 Å². The summed E-state index contributed by atoms with van der Waals surface area (Å²) in [4.78, 5) is 9.26. The zero-order valence-corrected chi connectivity index (χ0v) is 14.3. The normalized spacial score (nSPS) is 16.9. The van der Waals surface area contributed by atoms with Gasteiger partial charge >= 0.3 is 0 Å². The van der Waals surface area contributed by atoms with E-state index in [0.29, 0.717) is 5.88 Å². The monoisotopic (exact) mass is 373 g/mol. The summed E-state index contributed by atoms with van der Waals surface area (Å²) in [5.41, 5.74) is 1.95. The molecule has 3 heterocycles. The van der Waals surface area contributed by atoms with Crippen LogP contribution in [0.2, 0.25) is 0 Å². The Morgan fingerprint density at radius 1 is 1.40 bits per heavy atom. The molecule has 6 heteroatoms. The van der Waals surface area contributed by atoms with Gasteiger partial charge in [0.25, 0.3) is 0 Å². The maximum absolute atomic E-state index is 5.92. The quantitative estimate of drug-likeness (QED) is 0.754. The molecule has 1 aliphatic heterocycles. The maximum atomic E-state index is 5.92. The number of alkyl halides is 1. The van der Waals surface area contributed by atoms with Crippen LogP contribution in [0.15, 0.2) is 16.7 Å². The number of fused-ring (bicyclic) bond motifs is 1. The lowest BCUT2D eigenvalue weighted by molar-refractivity contribution is 0.414. The number of hydrogen-bond donors (Lipinski definition) is 0. The van der Waals surface area contributed by atoms with Gasteiger partial charge in [0, 0.05) is 29.5 Å². The molecule has 2 aromatic heterocycles. The highest BCUT2D eigenvalue weighted by Crippen LogP contribution is 2.27. The summed E-state index contributed by atoms with van der Waals surface area (Å²) < 4.78 is 3.26. The summed E-state index contributed by atoms with van der Waals surface area (Å²) in [6.07, 6.45) is 5.24. The number of imidazole rings is 1. The van der Waals surface area contributed by atoms with Crippen LogP contribution in [0.1, 0.15) is 18.7 Å². The molecule has 20 heavy (non-hydrogen) atoms. The van der Waals surface area contributed by atoms with Crippen LogP contribution < -0.4 is 0 Å². The smallest absolute Gasteiger partial charge is 0.160 e. The average molecular weight is 375 g/mol. The van der Waals surface area contributed by atoms with E-state index in [1.54, 1.807) is 0 Å². The molecule has 0 spiro atoms. The Morgan fingerprint density at radius 3 is 2.95 bits per heavy atom. The van der Waals surface area contributed by atoms with E-state index in [9.17, 15) is 0 Å². The summed E-state index contributed by atoms with van der Waals surface area (Å²) in [5.74, 6) is 4.97. The summed E-state index contributed by atoms with van der Waals surface area (Å²) in [5, 5.41) is 0. The lowest BCUT2D eigenvalue weighted by Crippen LogP contribution is -2.18. The first kappa shape index (κ1) is 14.7. The largest absolute Gasteiger partial charge is 0.312 e. The predicted molar refractivity (Wildman–Crippen MR) is 89.7 cm³/mol. The van der Waals surface area contributed by atoms with E-state index in [1.807, 2.05) is 12.3 Å². The molecule has 0 unspecified atom stereocenters. The molecule has 0 saturated carbocycles. The van der Waals surface area contributed by atoms with E-state index in [1.165, 1.54) is 24.3 Å². The van der Waals surface area contributed by atoms with Gasteiger partial charge in [0.15, 0.2) is 5.65 Å². The van der Waals surface area contributed by atoms with Crippen molar-refractivity contribution < 1.29 is 0 Å². The summed E-state index contributed by atoms with van der Waals surface area (Å²) in [6.45, 7) is 1.03. The minimum absolute atomic E-state index is 0.602. The van der Waals surface area contributed by atoms with Crippen molar-refractivity contribution in [1.82, 2.24) is 14.5 Å². The Labute approximate surface area is 136 Å². The van der Waals surface area contributed by atoms with E-state index in [4.69, 9.17) is 16.6 Å². The van der Waals surface area contributed by atoms with E-state index < -0.39 is 0 Å². The van der Waals surface area contributed by atoms with Gasteiger partial charge in [0.1, 0.15) is 11.3 Å². The summed E-state index contributed by atoms with van der Waals surface area (Å²) in [7, 11) is 0. The van der Waals surface area contributed by atoms with E-state index in [0.717, 1.165) is 40.3 Å². The van der Waals surface area contributed by atoms with Crippen LogP contribution in [0.25, 0.3) is 11.2 Å². The van der Waals surface area contributed by atoms with Gasteiger partial charge in [-0.05, 0) is 52.3 Å². The lowest BCUT2D eigenvalue weighted by atomic mass is 10.0. The molecule has 0 amide bonds. The molecule has 0 N–H and O–H groups in total. The minimum Gasteiger partial charge on any atom is -0.312 e. The molecule has 0 aliphatic carbocycles. The molecule has 1 aliphatic rings.